The Morgan fingerprint density at radius 1 is 1.11 bits per heavy atom. The molecule has 0 bridgehead atoms. The Morgan fingerprint density at radius 3 is 2.61 bits per heavy atom. The van der Waals surface area contributed by atoms with Gasteiger partial charge in [-0.2, -0.15) is 5.26 Å². The molecule has 0 radical (unpaired) electrons. The topological polar surface area (TPSA) is 117 Å². The number of amides is 1. The summed E-state index contributed by atoms with van der Waals surface area (Å²) in [7, 11) is 0. The van der Waals surface area contributed by atoms with Gasteiger partial charge in [-0.3, -0.25) is 4.79 Å². The van der Waals surface area contributed by atoms with E-state index in [-0.39, 0.29) is 23.8 Å². The molecule has 0 fully saturated rings. The van der Waals surface area contributed by atoms with E-state index in [0.29, 0.717) is 32.1 Å². The average Bonchev–Trinajstić information content (AvgIpc) is 3.50. The number of furan rings is 1. The molecule has 5 aromatic rings. The third-order valence-electron chi connectivity index (χ3n) is 5.81. The third kappa shape index (κ3) is 4.40. The summed E-state index contributed by atoms with van der Waals surface area (Å²) in [6.45, 7) is 4.23. The van der Waals surface area contributed by atoms with E-state index in [1.807, 2.05) is 62.4 Å². The molecular formula is C28H23N5O2S. The molecule has 0 aliphatic heterocycles. The second-order valence-corrected chi connectivity index (χ2v) is 9.49. The smallest absolute Gasteiger partial charge is 0.256 e. The van der Waals surface area contributed by atoms with Crippen molar-refractivity contribution in [3.63, 3.8) is 0 Å². The molecule has 2 aromatic carbocycles. The van der Waals surface area contributed by atoms with Crippen LogP contribution < -0.4 is 16.4 Å². The number of aryl methyl sites for hydroxylation is 2. The molecule has 3 heterocycles. The van der Waals surface area contributed by atoms with Crippen LogP contribution in [0, 0.1) is 25.2 Å². The number of hydrogen-bond donors (Lipinski definition) is 3. The summed E-state index contributed by atoms with van der Waals surface area (Å²) in [6.07, 6.45) is 1.56. The molecule has 3 aromatic heterocycles. The molecule has 0 aliphatic rings. The van der Waals surface area contributed by atoms with Gasteiger partial charge in [-0.1, -0.05) is 42.0 Å². The number of nitrogens with two attached hydrogens (primary N) is 1. The first-order valence-corrected chi connectivity index (χ1v) is 12.1. The van der Waals surface area contributed by atoms with E-state index in [4.69, 9.17) is 10.2 Å². The molecule has 1 amide bonds. The molecular weight excluding hydrogens is 470 g/mol. The summed E-state index contributed by atoms with van der Waals surface area (Å²) in [5, 5.41) is 16.9. The van der Waals surface area contributed by atoms with Crippen molar-refractivity contribution >= 4 is 44.0 Å². The van der Waals surface area contributed by atoms with E-state index in [1.165, 1.54) is 11.3 Å². The van der Waals surface area contributed by atoms with Crippen molar-refractivity contribution in [1.29, 1.82) is 5.26 Å². The third-order valence-corrected chi connectivity index (χ3v) is 6.92. The zero-order chi connectivity index (χ0) is 25.2. The van der Waals surface area contributed by atoms with E-state index in [2.05, 4.69) is 21.7 Å². The van der Waals surface area contributed by atoms with Crippen LogP contribution in [0.5, 0.6) is 0 Å². The number of nitrogens with zero attached hydrogens (tertiary/aromatic N) is 2. The van der Waals surface area contributed by atoms with Crippen LogP contribution in [0.1, 0.15) is 32.8 Å². The average molecular weight is 494 g/mol. The number of benzene rings is 2. The molecule has 0 saturated carbocycles. The number of pyridine rings is 1. The maximum atomic E-state index is 13.5. The summed E-state index contributed by atoms with van der Waals surface area (Å²) in [6, 6.07) is 21.5. The normalized spacial score (nSPS) is 10.8. The van der Waals surface area contributed by atoms with Crippen LogP contribution in [0.3, 0.4) is 0 Å². The first kappa shape index (κ1) is 23.1. The van der Waals surface area contributed by atoms with Gasteiger partial charge < -0.3 is 20.8 Å². The number of nitrogen functional groups attached to an aromatic ring is 1. The zero-order valence-electron chi connectivity index (χ0n) is 19.8. The lowest BCUT2D eigenvalue weighted by atomic mass is 9.99. The van der Waals surface area contributed by atoms with Gasteiger partial charge in [0.1, 0.15) is 33.8 Å². The van der Waals surface area contributed by atoms with Gasteiger partial charge in [0.15, 0.2) is 0 Å². The van der Waals surface area contributed by atoms with E-state index >= 15 is 0 Å². The van der Waals surface area contributed by atoms with Gasteiger partial charge in [0.2, 0.25) is 0 Å². The molecule has 0 spiro atoms. The quantitative estimate of drug-likeness (QED) is 0.255. The van der Waals surface area contributed by atoms with Crippen molar-refractivity contribution < 1.29 is 9.21 Å². The van der Waals surface area contributed by atoms with Gasteiger partial charge in [-0.15, -0.1) is 11.3 Å². The minimum absolute atomic E-state index is 0.0839. The van der Waals surface area contributed by atoms with Gasteiger partial charge in [0.05, 0.1) is 23.0 Å². The number of aromatic nitrogens is 1. The van der Waals surface area contributed by atoms with Crippen molar-refractivity contribution in [2.24, 2.45) is 0 Å². The van der Waals surface area contributed by atoms with E-state index < -0.39 is 0 Å². The molecule has 36 heavy (non-hydrogen) atoms. The molecule has 0 aliphatic carbocycles. The summed E-state index contributed by atoms with van der Waals surface area (Å²) in [4.78, 5) is 18.1. The van der Waals surface area contributed by atoms with Gasteiger partial charge in [0.25, 0.3) is 5.91 Å². The second-order valence-electron chi connectivity index (χ2n) is 8.47. The summed E-state index contributed by atoms with van der Waals surface area (Å²) in [5.41, 5.74) is 11.9. The Labute approximate surface area is 212 Å². The number of rotatable bonds is 6. The summed E-state index contributed by atoms with van der Waals surface area (Å²) >= 11 is 1.38. The molecule has 0 saturated heterocycles. The number of nitrogens with one attached hydrogen (secondary N) is 2. The number of anilines is 3. The van der Waals surface area contributed by atoms with E-state index in [1.54, 1.807) is 18.4 Å². The first-order valence-electron chi connectivity index (χ1n) is 11.3. The number of nitriles is 1. The number of carbonyl (C=O) groups is 1. The van der Waals surface area contributed by atoms with Crippen molar-refractivity contribution in [2.45, 2.75) is 20.4 Å². The molecule has 8 heteroatoms. The molecule has 0 unspecified atom stereocenters. The highest BCUT2D eigenvalue weighted by Crippen LogP contribution is 2.44. The van der Waals surface area contributed by atoms with Gasteiger partial charge in [-0.25, -0.2) is 4.98 Å². The molecule has 4 N–H and O–H groups in total. The minimum atomic E-state index is -0.320. The fourth-order valence-corrected chi connectivity index (χ4v) is 5.28. The van der Waals surface area contributed by atoms with Crippen molar-refractivity contribution in [3.05, 3.63) is 94.9 Å². The Bertz CT molecular complexity index is 1610. The molecule has 0 atom stereocenters. The lowest BCUT2D eigenvalue weighted by molar-refractivity contribution is 0.0950. The van der Waals surface area contributed by atoms with Gasteiger partial charge in [0, 0.05) is 11.3 Å². The maximum absolute atomic E-state index is 13.5. The Kier molecular flexibility index (Phi) is 6.15. The Balaban J connectivity index is 1.71. The second kappa shape index (κ2) is 9.56. The van der Waals surface area contributed by atoms with Crippen molar-refractivity contribution in [1.82, 2.24) is 10.3 Å². The molecule has 178 valence electrons. The maximum Gasteiger partial charge on any atom is 0.256 e. The van der Waals surface area contributed by atoms with Crippen LogP contribution in [-0.4, -0.2) is 10.9 Å². The Hall–Kier alpha value is -4.61. The highest BCUT2D eigenvalue weighted by Gasteiger charge is 2.26. The molecule has 5 rings (SSSR count). The highest BCUT2D eigenvalue weighted by molar-refractivity contribution is 7.24. The predicted molar refractivity (Wildman–Crippen MR) is 143 cm³/mol. The van der Waals surface area contributed by atoms with E-state index in [9.17, 15) is 10.1 Å². The highest BCUT2D eigenvalue weighted by atomic mass is 32.1. The Morgan fingerprint density at radius 2 is 1.92 bits per heavy atom. The monoisotopic (exact) mass is 493 g/mol. The standard InChI is InChI=1S/C28H23N5O2S/c1-16-8-10-18(11-9-16)22-21(14-29)26(30)33-24-23(27(34)31-15-20-7-4-12-35-20)28(36-25(22)24)32-19-6-3-5-17(2)13-19/h3-13,32H,15H2,1-2H3,(H2,30,33)(H,31,34). The van der Waals surface area contributed by atoms with Gasteiger partial charge in [-0.05, 0) is 49.2 Å². The number of carbonyl (C=O) groups excluding carboxylic acids is 1. The summed E-state index contributed by atoms with van der Waals surface area (Å²) in [5.74, 6) is 0.399. The van der Waals surface area contributed by atoms with Gasteiger partial charge >= 0.3 is 0 Å². The van der Waals surface area contributed by atoms with Crippen LogP contribution in [-0.2, 0) is 6.54 Å². The zero-order valence-corrected chi connectivity index (χ0v) is 20.6. The van der Waals surface area contributed by atoms with Crippen LogP contribution in [0.4, 0.5) is 16.5 Å². The first-order chi connectivity index (χ1) is 17.4. The van der Waals surface area contributed by atoms with Crippen LogP contribution in [0.25, 0.3) is 21.3 Å². The number of thiophene rings is 1. The number of hydrogen-bond acceptors (Lipinski definition) is 7. The fourth-order valence-electron chi connectivity index (χ4n) is 4.05. The number of fused-ring (bicyclic) bond motifs is 1. The van der Waals surface area contributed by atoms with Crippen LogP contribution in [0.2, 0.25) is 0 Å². The predicted octanol–water partition coefficient (Wildman–Crippen LogP) is 6.30. The lowest BCUT2D eigenvalue weighted by Crippen LogP contribution is -2.23. The van der Waals surface area contributed by atoms with Crippen molar-refractivity contribution in [3.8, 4) is 17.2 Å². The lowest BCUT2D eigenvalue weighted by Gasteiger charge is -2.10. The summed E-state index contributed by atoms with van der Waals surface area (Å²) < 4.78 is 6.08. The van der Waals surface area contributed by atoms with Crippen LogP contribution in [0.15, 0.2) is 71.3 Å². The SMILES string of the molecule is Cc1ccc(-c2c(C#N)c(N)nc3c(C(=O)NCc4ccco4)c(Nc4cccc(C)c4)sc23)cc1. The largest absolute Gasteiger partial charge is 0.467 e. The molecule has 7 nitrogen and oxygen atoms in total. The van der Waals surface area contributed by atoms with Crippen molar-refractivity contribution in [2.75, 3.05) is 11.1 Å². The minimum Gasteiger partial charge on any atom is -0.467 e. The fraction of sp³-hybridized carbons (Fsp3) is 0.107. The van der Waals surface area contributed by atoms with E-state index in [0.717, 1.165) is 22.4 Å². The van der Waals surface area contributed by atoms with Crippen LogP contribution >= 0.6 is 11.3 Å².